The van der Waals surface area contributed by atoms with Crippen LogP contribution < -0.4 is 10.1 Å². The van der Waals surface area contributed by atoms with E-state index in [1.54, 1.807) is 25.3 Å². The first-order chi connectivity index (χ1) is 7.26. The number of ketones is 1. The zero-order valence-corrected chi connectivity index (χ0v) is 8.28. The average Bonchev–Trinajstić information content (AvgIpc) is 2.29. The first kappa shape index (κ1) is 9.53. The molecule has 0 bridgehead atoms. The standard InChI is InChI=1S/C11H10N2O2/c1-15-8-2-3-10-9(4-8)11(14)7(5-12)6-13-10/h2-4,7,13H,6H2,1H3. The van der Waals surface area contributed by atoms with Crippen LogP contribution in [0.4, 0.5) is 5.69 Å². The van der Waals surface area contributed by atoms with Gasteiger partial charge < -0.3 is 10.1 Å². The van der Waals surface area contributed by atoms with Gasteiger partial charge in [-0.2, -0.15) is 5.26 Å². The van der Waals surface area contributed by atoms with E-state index in [0.29, 0.717) is 17.9 Å². The van der Waals surface area contributed by atoms with Gasteiger partial charge in [0.2, 0.25) is 0 Å². The Balaban J connectivity index is 2.45. The van der Waals surface area contributed by atoms with Crippen molar-refractivity contribution in [2.75, 3.05) is 19.0 Å². The molecule has 0 spiro atoms. The van der Waals surface area contributed by atoms with Crippen LogP contribution in [0.25, 0.3) is 0 Å². The first-order valence-corrected chi connectivity index (χ1v) is 4.62. The van der Waals surface area contributed by atoms with Gasteiger partial charge in [-0.3, -0.25) is 4.79 Å². The number of nitrogens with one attached hydrogen (secondary N) is 1. The highest BCUT2D eigenvalue weighted by Crippen LogP contribution is 2.28. The second-order valence-electron chi connectivity index (χ2n) is 3.34. The third kappa shape index (κ3) is 1.52. The van der Waals surface area contributed by atoms with Gasteiger partial charge in [0.25, 0.3) is 0 Å². The van der Waals surface area contributed by atoms with E-state index in [0.717, 1.165) is 5.69 Å². The molecule has 15 heavy (non-hydrogen) atoms. The molecule has 1 unspecified atom stereocenters. The van der Waals surface area contributed by atoms with Crippen LogP contribution in [0.2, 0.25) is 0 Å². The number of hydrogen-bond acceptors (Lipinski definition) is 4. The summed E-state index contributed by atoms with van der Waals surface area (Å²) in [6, 6.07) is 7.21. The number of carbonyl (C=O) groups is 1. The third-order valence-electron chi connectivity index (χ3n) is 2.46. The highest BCUT2D eigenvalue weighted by atomic mass is 16.5. The molecule has 1 aromatic rings. The lowest BCUT2D eigenvalue weighted by Crippen LogP contribution is -2.28. The van der Waals surface area contributed by atoms with E-state index in [-0.39, 0.29) is 5.78 Å². The zero-order chi connectivity index (χ0) is 10.8. The van der Waals surface area contributed by atoms with Crippen LogP contribution in [0.5, 0.6) is 5.75 Å². The minimum atomic E-state index is -0.593. The van der Waals surface area contributed by atoms with Crippen LogP contribution in [0.3, 0.4) is 0 Å². The summed E-state index contributed by atoms with van der Waals surface area (Å²) in [6.45, 7) is 0.384. The summed E-state index contributed by atoms with van der Waals surface area (Å²) in [7, 11) is 1.55. The van der Waals surface area contributed by atoms with E-state index < -0.39 is 5.92 Å². The zero-order valence-electron chi connectivity index (χ0n) is 8.28. The quantitative estimate of drug-likeness (QED) is 0.748. The molecule has 1 atom stereocenters. The number of methoxy groups -OCH3 is 1. The molecular formula is C11H10N2O2. The van der Waals surface area contributed by atoms with E-state index >= 15 is 0 Å². The maximum absolute atomic E-state index is 11.8. The van der Waals surface area contributed by atoms with Gasteiger partial charge in [0.1, 0.15) is 11.7 Å². The van der Waals surface area contributed by atoms with Gasteiger partial charge in [-0.1, -0.05) is 0 Å². The highest BCUT2D eigenvalue weighted by molar-refractivity contribution is 6.06. The Hall–Kier alpha value is -2.02. The van der Waals surface area contributed by atoms with Gasteiger partial charge in [-0.05, 0) is 18.2 Å². The van der Waals surface area contributed by atoms with E-state index in [9.17, 15) is 4.79 Å². The van der Waals surface area contributed by atoms with Crippen molar-refractivity contribution in [1.82, 2.24) is 0 Å². The lowest BCUT2D eigenvalue weighted by Gasteiger charge is -2.20. The van der Waals surface area contributed by atoms with Crippen LogP contribution in [0.15, 0.2) is 18.2 Å². The number of hydrogen-bond donors (Lipinski definition) is 1. The lowest BCUT2D eigenvalue weighted by molar-refractivity contribution is 0.0950. The molecule has 4 nitrogen and oxygen atoms in total. The summed E-state index contributed by atoms with van der Waals surface area (Å²) in [5.74, 6) is -0.0998. The number of Topliss-reactive ketones (excluding diaryl/α,β-unsaturated/α-hetero) is 1. The molecule has 1 heterocycles. The van der Waals surface area contributed by atoms with Gasteiger partial charge in [-0.25, -0.2) is 0 Å². The smallest absolute Gasteiger partial charge is 0.183 e. The maximum Gasteiger partial charge on any atom is 0.183 e. The van der Waals surface area contributed by atoms with Crippen LogP contribution in [-0.2, 0) is 0 Å². The minimum absolute atomic E-state index is 0.134. The predicted molar refractivity (Wildman–Crippen MR) is 54.9 cm³/mol. The Morgan fingerprint density at radius 2 is 2.40 bits per heavy atom. The average molecular weight is 202 g/mol. The fourth-order valence-electron chi connectivity index (χ4n) is 1.61. The van der Waals surface area contributed by atoms with Crippen LogP contribution >= 0.6 is 0 Å². The van der Waals surface area contributed by atoms with Crippen molar-refractivity contribution in [3.8, 4) is 11.8 Å². The molecule has 1 aliphatic rings. The van der Waals surface area contributed by atoms with Gasteiger partial charge in [0, 0.05) is 17.8 Å². The van der Waals surface area contributed by atoms with Crippen molar-refractivity contribution in [3.05, 3.63) is 23.8 Å². The van der Waals surface area contributed by atoms with Crippen molar-refractivity contribution in [2.45, 2.75) is 0 Å². The maximum atomic E-state index is 11.8. The molecule has 1 aromatic carbocycles. The summed E-state index contributed by atoms with van der Waals surface area (Å²) in [5, 5.41) is 11.8. The number of carbonyl (C=O) groups excluding carboxylic acids is 1. The van der Waals surface area contributed by atoms with Crippen molar-refractivity contribution in [2.24, 2.45) is 5.92 Å². The summed E-state index contributed by atoms with van der Waals surface area (Å²) in [5.41, 5.74) is 1.31. The lowest BCUT2D eigenvalue weighted by atomic mass is 9.93. The summed E-state index contributed by atoms with van der Waals surface area (Å²) in [4.78, 5) is 11.8. The Morgan fingerprint density at radius 1 is 1.60 bits per heavy atom. The Labute approximate surface area is 87.5 Å². The fourth-order valence-corrected chi connectivity index (χ4v) is 1.61. The van der Waals surface area contributed by atoms with Crippen molar-refractivity contribution in [1.29, 1.82) is 5.26 Å². The van der Waals surface area contributed by atoms with Crippen molar-refractivity contribution in [3.63, 3.8) is 0 Å². The second kappa shape index (κ2) is 3.62. The van der Waals surface area contributed by atoms with E-state index in [4.69, 9.17) is 10.00 Å². The number of nitrogens with zero attached hydrogens (tertiary/aromatic N) is 1. The van der Waals surface area contributed by atoms with Gasteiger partial charge in [-0.15, -0.1) is 0 Å². The Bertz CT molecular complexity index is 448. The number of nitriles is 1. The van der Waals surface area contributed by atoms with Crippen molar-refractivity contribution >= 4 is 11.5 Å². The summed E-state index contributed by atoms with van der Waals surface area (Å²) >= 11 is 0. The molecule has 0 aromatic heterocycles. The first-order valence-electron chi connectivity index (χ1n) is 4.62. The normalized spacial score (nSPS) is 18.7. The minimum Gasteiger partial charge on any atom is -0.497 e. The largest absolute Gasteiger partial charge is 0.497 e. The molecule has 2 rings (SSSR count). The third-order valence-corrected chi connectivity index (χ3v) is 2.46. The number of ether oxygens (including phenoxy) is 1. The molecule has 0 saturated heterocycles. The molecule has 0 aliphatic carbocycles. The SMILES string of the molecule is COc1ccc2c(c1)C(=O)C(C#N)CN2. The predicted octanol–water partition coefficient (Wildman–Crippen LogP) is 1.44. The molecule has 0 fully saturated rings. The van der Waals surface area contributed by atoms with Gasteiger partial charge in [0.15, 0.2) is 5.78 Å². The second-order valence-corrected chi connectivity index (χ2v) is 3.34. The number of anilines is 1. The number of rotatable bonds is 1. The molecule has 0 saturated carbocycles. The fraction of sp³-hybridized carbons (Fsp3) is 0.273. The molecule has 4 heteroatoms. The molecule has 0 radical (unpaired) electrons. The summed E-state index contributed by atoms with van der Waals surface area (Å²) in [6.07, 6.45) is 0. The number of benzene rings is 1. The topological polar surface area (TPSA) is 62.1 Å². The van der Waals surface area contributed by atoms with Crippen LogP contribution in [-0.4, -0.2) is 19.4 Å². The monoisotopic (exact) mass is 202 g/mol. The van der Waals surface area contributed by atoms with Gasteiger partial charge in [0.05, 0.1) is 13.2 Å². The Kier molecular flexibility index (Phi) is 2.30. The number of fused-ring (bicyclic) bond motifs is 1. The van der Waals surface area contributed by atoms with Crippen LogP contribution in [0, 0.1) is 17.2 Å². The van der Waals surface area contributed by atoms with E-state index in [2.05, 4.69) is 5.32 Å². The van der Waals surface area contributed by atoms with Crippen molar-refractivity contribution < 1.29 is 9.53 Å². The van der Waals surface area contributed by atoms with E-state index in [1.165, 1.54) is 0 Å². The molecule has 0 amide bonds. The molecule has 76 valence electrons. The van der Waals surface area contributed by atoms with Gasteiger partial charge >= 0.3 is 0 Å². The summed E-state index contributed by atoms with van der Waals surface area (Å²) < 4.78 is 5.03. The molecule has 1 N–H and O–H groups in total. The Morgan fingerprint density at radius 3 is 3.07 bits per heavy atom. The van der Waals surface area contributed by atoms with E-state index in [1.807, 2.05) is 6.07 Å². The molecule has 1 aliphatic heterocycles. The highest BCUT2D eigenvalue weighted by Gasteiger charge is 2.27. The molecular weight excluding hydrogens is 192 g/mol. The van der Waals surface area contributed by atoms with Crippen LogP contribution in [0.1, 0.15) is 10.4 Å².